The maximum atomic E-state index is 12.2. The first-order valence-electron chi connectivity index (χ1n) is 7.52. The molecule has 0 atom stereocenters. The molecule has 5 nitrogen and oxygen atoms in total. The van der Waals surface area contributed by atoms with E-state index in [0.29, 0.717) is 23.5 Å². The second-order valence-electron chi connectivity index (χ2n) is 5.48. The van der Waals surface area contributed by atoms with Crippen LogP contribution in [-0.2, 0) is 6.54 Å². The molecule has 24 heavy (non-hydrogen) atoms. The smallest absolute Gasteiger partial charge is 0.255 e. The first kappa shape index (κ1) is 15.6. The minimum atomic E-state index is -0.185. The number of rotatable bonds is 4. The lowest BCUT2D eigenvalue weighted by molar-refractivity contribution is 0.102. The Labute approximate surface area is 139 Å². The third kappa shape index (κ3) is 3.89. The van der Waals surface area contributed by atoms with Crippen LogP contribution in [0.4, 0.5) is 11.4 Å². The molecule has 2 aromatic carbocycles. The number of amides is 1. The molecule has 1 amide bonds. The minimum absolute atomic E-state index is 0.0141. The van der Waals surface area contributed by atoms with E-state index in [-0.39, 0.29) is 11.3 Å². The fourth-order valence-corrected chi connectivity index (χ4v) is 2.34. The van der Waals surface area contributed by atoms with Crippen molar-refractivity contribution in [2.75, 3.05) is 11.1 Å². The van der Waals surface area contributed by atoms with Crippen LogP contribution >= 0.6 is 0 Å². The molecule has 3 N–H and O–H groups in total. The molecule has 1 aromatic heterocycles. The topological polar surface area (TPSA) is 77.1 Å². The van der Waals surface area contributed by atoms with Crippen LogP contribution in [0.1, 0.15) is 15.9 Å². The van der Waals surface area contributed by atoms with Gasteiger partial charge in [0.15, 0.2) is 5.43 Å². The van der Waals surface area contributed by atoms with E-state index in [1.54, 1.807) is 48.8 Å². The predicted molar refractivity (Wildman–Crippen MR) is 95.1 cm³/mol. The van der Waals surface area contributed by atoms with Crippen LogP contribution in [0.5, 0.6) is 0 Å². The zero-order valence-electron chi connectivity index (χ0n) is 13.0. The second kappa shape index (κ2) is 6.83. The average molecular weight is 319 g/mol. The van der Waals surface area contributed by atoms with Gasteiger partial charge in [-0.05, 0) is 35.9 Å². The highest BCUT2D eigenvalue weighted by Crippen LogP contribution is 2.14. The molecule has 120 valence electrons. The number of anilines is 2. The van der Waals surface area contributed by atoms with E-state index < -0.39 is 0 Å². The molecular formula is C19H17N3O2. The Bertz CT molecular complexity index is 894. The van der Waals surface area contributed by atoms with Gasteiger partial charge in [0.25, 0.3) is 5.91 Å². The molecule has 0 aliphatic rings. The first-order chi connectivity index (χ1) is 11.6. The van der Waals surface area contributed by atoms with E-state index in [1.807, 2.05) is 16.7 Å². The minimum Gasteiger partial charge on any atom is -0.399 e. The summed E-state index contributed by atoms with van der Waals surface area (Å²) < 4.78 is 1.91. The number of nitrogen functional groups attached to an aromatic ring is 1. The number of benzene rings is 2. The fourth-order valence-electron chi connectivity index (χ4n) is 2.34. The molecular weight excluding hydrogens is 302 g/mol. The average Bonchev–Trinajstić information content (AvgIpc) is 2.57. The van der Waals surface area contributed by atoms with Gasteiger partial charge in [0.1, 0.15) is 0 Å². The van der Waals surface area contributed by atoms with Gasteiger partial charge in [-0.1, -0.05) is 18.2 Å². The highest BCUT2D eigenvalue weighted by molar-refractivity contribution is 6.04. The molecule has 0 radical (unpaired) electrons. The molecule has 0 saturated carbocycles. The Morgan fingerprint density at radius 2 is 1.71 bits per heavy atom. The van der Waals surface area contributed by atoms with E-state index in [1.165, 1.54) is 12.1 Å². The van der Waals surface area contributed by atoms with Crippen molar-refractivity contribution >= 4 is 17.3 Å². The Kier molecular flexibility index (Phi) is 4.43. The van der Waals surface area contributed by atoms with Gasteiger partial charge in [0.05, 0.1) is 0 Å². The van der Waals surface area contributed by atoms with Gasteiger partial charge in [0, 0.05) is 48.0 Å². The van der Waals surface area contributed by atoms with Crippen molar-refractivity contribution in [1.29, 1.82) is 0 Å². The highest BCUT2D eigenvalue weighted by Gasteiger charge is 2.06. The molecule has 0 saturated heterocycles. The first-order valence-corrected chi connectivity index (χ1v) is 7.52. The van der Waals surface area contributed by atoms with Crippen LogP contribution in [0.2, 0.25) is 0 Å². The van der Waals surface area contributed by atoms with Crippen molar-refractivity contribution in [3.8, 4) is 0 Å². The maximum Gasteiger partial charge on any atom is 0.255 e. The number of nitrogens with zero attached hydrogens (tertiary/aromatic N) is 1. The van der Waals surface area contributed by atoms with Crippen LogP contribution in [0.3, 0.4) is 0 Å². The molecule has 5 heteroatoms. The van der Waals surface area contributed by atoms with Gasteiger partial charge >= 0.3 is 0 Å². The summed E-state index contributed by atoms with van der Waals surface area (Å²) in [4.78, 5) is 23.3. The van der Waals surface area contributed by atoms with Crippen LogP contribution in [0.15, 0.2) is 77.9 Å². The lowest BCUT2D eigenvalue weighted by atomic mass is 10.1. The summed E-state index contributed by atoms with van der Waals surface area (Å²) in [6.45, 7) is 0.636. The SMILES string of the molecule is Nc1cccc(NC(=O)c2ccc(Cn3ccc(=O)cc3)cc2)c1. The van der Waals surface area contributed by atoms with E-state index in [0.717, 1.165) is 5.56 Å². The molecule has 0 spiro atoms. The van der Waals surface area contributed by atoms with Crippen LogP contribution in [0, 0.1) is 0 Å². The van der Waals surface area contributed by atoms with Crippen LogP contribution < -0.4 is 16.5 Å². The molecule has 3 aromatic rings. The van der Waals surface area contributed by atoms with Crippen molar-refractivity contribution < 1.29 is 4.79 Å². The van der Waals surface area contributed by atoms with Crippen molar-refractivity contribution in [2.45, 2.75) is 6.54 Å². The quantitative estimate of drug-likeness (QED) is 0.726. The molecule has 0 aliphatic carbocycles. The van der Waals surface area contributed by atoms with E-state index >= 15 is 0 Å². The van der Waals surface area contributed by atoms with Gasteiger partial charge in [-0.25, -0.2) is 0 Å². The van der Waals surface area contributed by atoms with E-state index in [9.17, 15) is 9.59 Å². The van der Waals surface area contributed by atoms with Crippen LogP contribution in [-0.4, -0.2) is 10.5 Å². The van der Waals surface area contributed by atoms with Crippen molar-refractivity contribution in [2.24, 2.45) is 0 Å². The third-order valence-corrected chi connectivity index (χ3v) is 3.59. The zero-order valence-corrected chi connectivity index (χ0v) is 13.0. The Morgan fingerprint density at radius 3 is 2.38 bits per heavy atom. The van der Waals surface area contributed by atoms with E-state index in [2.05, 4.69) is 5.32 Å². The fraction of sp³-hybridized carbons (Fsp3) is 0.0526. The summed E-state index contributed by atoms with van der Waals surface area (Å²) in [5.74, 6) is -0.185. The van der Waals surface area contributed by atoms with Gasteiger partial charge in [-0.3, -0.25) is 9.59 Å². The van der Waals surface area contributed by atoms with Gasteiger partial charge in [0.2, 0.25) is 0 Å². The summed E-state index contributed by atoms with van der Waals surface area (Å²) in [5.41, 5.74) is 8.56. The van der Waals surface area contributed by atoms with E-state index in [4.69, 9.17) is 5.73 Å². The van der Waals surface area contributed by atoms with Crippen molar-refractivity contribution in [3.05, 3.63) is 94.4 Å². The largest absolute Gasteiger partial charge is 0.399 e. The summed E-state index contributed by atoms with van der Waals surface area (Å²) in [6, 6.07) is 17.4. The summed E-state index contributed by atoms with van der Waals surface area (Å²) in [5, 5.41) is 2.82. The number of pyridine rings is 1. The summed E-state index contributed by atoms with van der Waals surface area (Å²) in [6.07, 6.45) is 3.48. The van der Waals surface area contributed by atoms with Crippen molar-refractivity contribution in [3.63, 3.8) is 0 Å². The number of aromatic nitrogens is 1. The van der Waals surface area contributed by atoms with Gasteiger partial charge in [-0.2, -0.15) is 0 Å². The molecule has 0 unspecified atom stereocenters. The number of hydrogen-bond donors (Lipinski definition) is 2. The summed E-state index contributed by atoms with van der Waals surface area (Å²) >= 11 is 0. The Morgan fingerprint density at radius 1 is 1.00 bits per heavy atom. The van der Waals surface area contributed by atoms with Crippen LogP contribution in [0.25, 0.3) is 0 Å². The number of nitrogens with one attached hydrogen (secondary N) is 1. The monoisotopic (exact) mass is 319 g/mol. The number of carbonyl (C=O) groups is 1. The standard InChI is InChI=1S/C19H17N3O2/c20-16-2-1-3-17(12-16)21-19(24)15-6-4-14(5-7-15)13-22-10-8-18(23)9-11-22/h1-12H,13,20H2,(H,21,24). The Hall–Kier alpha value is -3.34. The number of nitrogens with two attached hydrogens (primary N) is 1. The number of hydrogen-bond acceptors (Lipinski definition) is 3. The molecule has 3 rings (SSSR count). The zero-order chi connectivity index (χ0) is 16.9. The lowest BCUT2D eigenvalue weighted by Crippen LogP contribution is -2.12. The van der Waals surface area contributed by atoms with Gasteiger partial charge < -0.3 is 15.6 Å². The molecule has 0 fully saturated rings. The lowest BCUT2D eigenvalue weighted by Gasteiger charge is -2.08. The highest BCUT2D eigenvalue weighted by atomic mass is 16.1. The normalized spacial score (nSPS) is 10.3. The Balaban J connectivity index is 1.68. The van der Waals surface area contributed by atoms with Crippen molar-refractivity contribution in [1.82, 2.24) is 4.57 Å². The summed E-state index contributed by atoms with van der Waals surface area (Å²) in [7, 11) is 0. The molecule has 0 bridgehead atoms. The predicted octanol–water partition coefficient (Wildman–Crippen LogP) is 2.73. The molecule has 1 heterocycles. The number of carbonyl (C=O) groups excluding carboxylic acids is 1. The van der Waals surface area contributed by atoms with Gasteiger partial charge in [-0.15, -0.1) is 0 Å². The maximum absolute atomic E-state index is 12.2. The third-order valence-electron chi connectivity index (χ3n) is 3.59. The molecule has 0 aliphatic heterocycles. The second-order valence-corrected chi connectivity index (χ2v) is 5.48.